The minimum atomic E-state index is -0.0657. The summed E-state index contributed by atoms with van der Waals surface area (Å²) in [4.78, 5) is 17.8. The van der Waals surface area contributed by atoms with Crippen LogP contribution in [-0.4, -0.2) is 38.8 Å². The molecule has 2 heterocycles. The first-order valence-electron chi connectivity index (χ1n) is 11.4. The molecule has 5 rings (SSSR count). The van der Waals surface area contributed by atoms with E-state index in [-0.39, 0.29) is 5.91 Å². The molecule has 5 nitrogen and oxygen atoms in total. The minimum Gasteiger partial charge on any atom is -0.378 e. The predicted molar refractivity (Wildman–Crippen MR) is 130 cm³/mol. The Balaban J connectivity index is 1.33. The van der Waals surface area contributed by atoms with E-state index < -0.39 is 0 Å². The maximum Gasteiger partial charge on any atom is 0.257 e. The van der Waals surface area contributed by atoms with Gasteiger partial charge in [0.2, 0.25) is 0 Å². The number of nitrogens with one attached hydrogen (secondary N) is 1. The SMILES string of the molecule is O=C(Nc1ccc2c(c1)CCCN2Cc1ccccc1)c1ccccc1N1CCOCC1. The molecule has 1 amide bonds. The van der Waals surface area contributed by atoms with E-state index in [1.54, 1.807) is 0 Å². The number of morpholine rings is 1. The van der Waals surface area contributed by atoms with Crippen molar-refractivity contribution in [1.82, 2.24) is 0 Å². The van der Waals surface area contributed by atoms with E-state index in [9.17, 15) is 4.79 Å². The van der Waals surface area contributed by atoms with Gasteiger partial charge < -0.3 is 19.9 Å². The van der Waals surface area contributed by atoms with E-state index in [4.69, 9.17) is 4.74 Å². The average molecular weight is 428 g/mol. The van der Waals surface area contributed by atoms with E-state index in [1.807, 2.05) is 30.3 Å². The van der Waals surface area contributed by atoms with Gasteiger partial charge in [-0.3, -0.25) is 4.79 Å². The first kappa shape index (κ1) is 20.6. The Morgan fingerprint density at radius 1 is 0.875 bits per heavy atom. The van der Waals surface area contributed by atoms with Crippen LogP contribution >= 0.6 is 0 Å². The maximum absolute atomic E-state index is 13.2. The lowest BCUT2D eigenvalue weighted by atomic mass is 10.00. The molecule has 164 valence electrons. The summed E-state index contributed by atoms with van der Waals surface area (Å²) >= 11 is 0. The van der Waals surface area contributed by atoms with Crippen molar-refractivity contribution in [3.8, 4) is 0 Å². The number of ether oxygens (including phenoxy) is 1. The second-order valence-corrected chi connectivity index (χ2v) is 8.42. The molecule has 0 bridgehead atoms. The molecule has 3 aromatic carbocycles. The lowest BCUT2D eigenvalue weighted by Crippen LogP contribution is -2.37. The third kappa shape index (κ3) is 4.48. The molecule has 1 saturated heterocycles. The minimum absolute atomic E-state index is 0.0657. The van der Waals surface area contributed by atoms with Crippen molar-refractivity contribution in [3.05, 3.63) is 89.5 Å². The van der Waals surface area contributed by atoms with Gasteiger partial charge in [0, 0.05) is 43.2 Å². The van der Waals surface area contributed by atoms with Crippen molar-refractivity contribution < 1.29 is 9.53 Å². The van der Waals surface area contributed by atoms with Gasteiger partial charge >= 0.3 is 0 Å². The lowest BCUT2D eigenvalue weighted by molar-refractivity contribution is 0.102. The van der Waals surface area contributed by atoms with Gasteiger partial charge in [0.25, 0.3) is 5.91 Å². The molecule has 5 heteroatoms. The maximum atomic E-state index is 13.2. The number of fused-ring (bicyclic) bond motifs is 1. The Kier molecular flexibility index (Phi) is 6.08. The lowest BCUT2D eigenvalue weighted by Gasteiger charge is -2.32. The second-order valence-electron chi connectivity index (χ2n) is 8.42. The van der Waals surface area contributed by atoms with Crippen LogP contribution in [0.5, 0.6) is 0 Å². The second kappa shape index (κ2) is 9.45. The monoisotopic (exact) mass is 427 g/mol. The van der Waals surface area contributed by atoms with Crippen LogP contribution < -0.4 is 15.1 Å². The number of rotatable bonds is 5. The number of benzene rings is 3. The molecule has 3 aromatic rings. The van der Waals surface area contributed by atoms with Gasteiger partial charge in [-0.1, -0.05) is 42.5 Å². The number of hydrogen-bond acceptors (Lipinski definition) is 4. The summed E-state index contributed by atoms with van der Waals surface area (Å²) in [6, 6.07) is 24.7. The van der Waals surface area contributed by atoms with Crippen LogP contribution in [0.25, 0.3) is 0 Å². The zero-order valence-corrected chi connectivity index (χ0v) is 18.3. The molecule has 1 N–H and O–H groups in total. The summed E-state index contributed by atoms with van der Waals surface area (Å²) in [5, 5.41) is 3.14. The van der Waals surface area contributed by atoms with Crippen molar-refractivity contribution in [2.24, 2.45) is 0 Å². The average Bonchev–Trinajstić information content (AvgIpc) is 2.85. The van der Waals surface area contributed by atoms with Crippen molar-refractivity contribution in [1.29, 1.82) is 0 Å². The van der Waals surface area contributed by atoms with Crippen LogP contribution in [-0.2, 0) is 17.7 Å². The fraction of sp³-hybridized carbons (Fsp3) is 0.296. The normalized spacial score (nSPS) is 15.9. The Morgan fingerprint density at radius 2 is 1.66 bits per heavy atom. The Morgan fingerprint density at radius 3 is 2.50 bits per heavy atom. The van der Waals surface area contributed by atoms with Crippen LogP contribution in [0.1, 0.15) is 27.9 Å². The molecule has 0 atom stereocenters. The predicted octanol–water partition coefficient (Wildman–Crippen LogP) is 4.73. The molecule has 2 aliphatic rings. The van der Waals surface area contributed by atoms with Crippen LogP contribution in [0.4, 0.5) is 17.1 Å². The molecule has 1 fully saturated rings. The standard InChI is InChI=1S/C27H29N3O2/c31-27(24-10-4-5-11-26(24)29-15-17-32-18-16-29)28-23-12-13-25-22(19-23)9-6-14-30(25)20-21-7-2-1-3-8-21/h1-5,7-8,10-13,19H,6,9,14-18,20H2,(H,28,31). The van der Waals surface area contributed by atoms with Crippen molar-refractivity contribution in [2.45, 2.75) is 19.4 Å². The third-order valence-electron chi connectivity index (χ3n) is 6.27. The van der Waals surface area contributed by atoms with Gasteiger partial charge in [-0.05, 0) is 54.3 Å². The summed E-state index contributed by atoms with van der Waals surface area (Å²) in [5.41, 5.74) is 6.42. The summed E-state index contributed by atoms with van der Waals surface area (Å²) in [6.07, 6.45) is 2.16. The van der Waals surface area contributed by atoms with Crippen LogP contribution in [0.2, 0.25) is 0 Å². The fourth-order valence-electron chi connectivity index (χ4n) is 4.66. The number of carbonyl (C=O) groups is 1. The molecule has 0 radical (unpaired) electrons. The number of carbonyl (C=O) groups excluding carboxylic acids is 1. The molecule has 0 aromatic heterocycles. The highest BCUT2D eigenvalue weighted by atomic mass is 16.5. The molecule has 2 aliphatic heterocycles. The Labute approximate surface area is 189 Å². The first-order chi connectivity index (χ1) is 15.8. The van der Waals surface area contributed by atoms with Crippen LogP contribution in [0.15, 0.2) is 72.8 Å². The third-order valence-corrected chi connectivity index (χ3v) is 6.27. The van der Waals surface area contributed by atoms with Crippen molar-refractivity contribution in [3.63, 3.8) is 0 Å². The zero-order chi connectivity index (χ0) is 21.8. The highest BCUT2D eigenvalue weighted by Gasteiger charge is 2.20. The van der Waals surface area contributed by atoms with Gasteiger partial charge in [-0.15, -0.1) is 0 Å². The van der Waals surface area contributed by atoms with Gasteiger partial charge in [-0.2, -0.15) is 0 Å². The number of nitrogens with zero attached hydrogens (tertiary/aromatic N) is 2. The first-order valence-corrected chi connectivity index (χ1v) is 11.4. The molecular weight excluding hydrogens is 398 g/mol. The highest BCUT2D eigenvalue weighted by Crippen LogP contribution is 2.31. The topological polar surface area (TPSA) is 44.8 Å². The summed E-state index contributed by atoms with van der Waals surface area (Å²) in [5.74, 6) is -0.0657. The molecule has 0 saturated carbocycles. The number of hydrogen-bond donors (Lipinski definition) is 1. The van der Waals surface area contributed by atoms with E-state index >= 15 is 0 Å². The van der Waals surface area contributed by atoms with Gasteiger partial charge in [0.1, 0.15) is 0 Å². The molecular formula is C27H29N3O2. The number of anilines is 3. The van der Waals surface area contributed by atoms with E-state index in [0.717, 1.165) is 50.4 Å². The van der Waals surface area contributed by atoms with Crippen molar-refractivity contribution >= 4 is 23.0 Å². The molecule has 0 spiro atoms. The zero-order valence-electron chi connectivity index (χ0n) is 18.3. The van der Waals surface area contributed by atoms with Gasteiger partial charge in [0.05, 0.1) is 18.8 Å². The Hall–Kier alpha value is -3.31. The fourth-order valence-corrected chi connectivity index (χ4v) is 4.66. The van der Waals surface area contributed by atoms with E-state index in [1.165, 1.54) is 16.8 Å². The summed E-state index contributed by atoms with van der Waals surface area (Å²) in [7, 11) is 0. The quantitative estimate of drug-likeness (QED) is 0.640. The number of aryl methyl sites for hydroxylation is 1. The molecule has 0 unspecified atom stereocenters. The van der Waals surface area contributed by atoms with Gasteiger partial charge in [0.15, 0.2) is 0 Å². The van der Waals surface area contributed by atoms with Crippen LogP contribution in [0, 0.1) is 0 Å². The smallest absolute Gasteiger partial charge is 0.257 e. The number of amides is 1. The Bertz CT molecular complexity index is 1080. The van der Waals surface area contributed by atoms with E-state index in [2.05, 4.69) is 57.6 Å². The largest absolute Gasteiger partial charge is 0.378 e. The molecule has 32 heavy (non-hydrogen) atoms. The van der Waals surface area contributed by atoms with Gasteiger partial charge in [-0.25, -0.2) is 0 Å². The summed E-state index contributed by atoms with van der Waals surface area (Å²) < 4.78 is 5.47. The summed E-state index contributed by atoms with van der Waals surface area (Å²) in [6.45, 7) is 4.97. The van der Waals surface area contributed by atoms with Crippen LogP contribution in [0.3, 0.4) is 0 Å². The molecule has 0 aliphatic carbocycles. The number of para-hydroxylation sites is 1. The van der Waals surface area contributed by atoms with E-state index in [0.29, 0.717) is 18.8 Å². The van der Waals surface area contributed by atoms with Crippen molar-refractivity contribution in [2.75, 3.05) is 48.0 Å². The highest BCUT2D eigenvalue weighted by molar-refractivity contribution is 6.08.